The van der Waals surface area contributed by atoms with Gasteiger partial charge in [0.1, 0.15) is 5.76 Å². The number of furan rings is 1. The molecule has 1 heterocycles. The number of hydrogen-bond acceptors (Lipinski definition) is 4. The summed E-state index contributed by atoms with van der Waals surface area (Å²) in [4.78, 5) is 0. The predicted molar refractivity (Wildman–Crippen MR) is 98.7 cm³/mol. The maximum atomic E-state index is 10.0. The average molecular weight is 328 g/mol. The van der Waals surface area contributed by atoms with Gasteiger partial charge in [0.2, 0.25) is 0 Å². The fourth-order valence-electron chi connectivity index (χ4n) is 2.65. The lowest BCUT2D eigenvalue weighted by molar-refractivity contribution is 0.339. The summed E-state index contributed by atoms with van der Waals surface area (Å²) in [5, 5.41) is 20.5. The second kappa shape index (κ2) is 6.24. The molecular formula is C21H16N2O2. The van der Waals surface area contributed by atoms with Gasteiger partial charge in [-0.2, -0.15) is 5.11 Å². The van der Waals surface area contributed by atoms with E-state index in [1.54, 1.807) is 6.07 Å². The van der Waals surface area contributed by atoms with Gasteiger partial charge >= 0.3 is 5.95 Å². The zero-order chi connectivity index (χ0) is 17.2. The molecule has 122 valence electrons. The van der Waals surface area contributed by atoms with Gasteiger partial charge in [0, 0.05) is 11.6 Å². The van der Waals surface area contributed by atoms with Crippen molar-refractivity contribution in [2.75, 3.05) is 0 Å². The van der Waals surface area contributed by atoms with Gasteiger partial charge in [0.15, 0.2) is 5.69 Å². The molecule has 0 saturated carbocycles. The Morgan fingerprint density at radius 2 is 1.56 bits per heavy atom. The highest BCUT2D eigenvalue weighted by molar-refractivity contribution is 5.86. The Morgan fingerprint density at radius 3 is 2.36 bits per heavy atom. The van der Waals surface area contributed by atoms with E-state index in [0.29, 0.717) is 11.4 Å². The second-order valence-electron chi connectivity index (χ2n) is 5.90. The molecule has 0 spiro atoms. The number of hydrogen-bond donors (Lipinski definition) is 1. The van der Waals surface area contributed by atoms with Crippen LogP contribution in [0.25, 0.3) is 22.1 Å². The smallest absolute Gasteiger partial charge is 0.311 e. The SMILES string of the molecule is Cc1ccc(N=Nc2cc(-c3ccc4ccccc4c3)oc2O)cc1. The lowest BCUT2D eigenvalue weighted by Crippen LogP contribution is -1.75. The van der Waals surface area contributed by atoms with E-state index < -0.39 is 0 Å². The number of nitrogens with zero attached hydrogens (tertiary/aromatic N) is 2. The molecule has 0 atom stereocenters. The molecular weight excluding hydrogens is 312 g/mol. The number of rotatable bonds is 3. The third kappa shape index (κ3) is 3.15. The van der Waals surface area contributed by atoms with E-state index in [4.69, 9.17) is 4.42 Å². The minimum Gasteiger partial charge on any atom is -0.479 e. The third-order valence-corrected chi connectivity index (χ3v) is 4.03. The molecule has 4 aromatic rings. The summed E-state index contributed by atoms with van der Waals surface area (Å²) in [6, 6.07) is 23.5. The number of aryl methyl sites for hydroxylation is 1. The average Bonchev–Trinajstić information content (AvgIpc) is 3.02. The maximum Gasteiger partial charge on any atom is 0.311 e. The molecule has 4 rings (SSSR count). The van der Waals surface area contributed by atoms with Crippen LogP contribution in [0.15, 0.2) is 87.4 Å². The van der Waals surface area contributed by atoms with Crippen LogP contribution < -0.4 is 0 Å². The molecule has 0 aliphatic rings. The number of benzene rings is 3. The third-order valence-electron chi connectivity index (χ3n) is 4.03. The second-order valence-corrected chi connectivity index (χ2v) is 5.90. The van der Waals surface area contributed by atoms with Crippen molar-refractivity contribution in [3.8, 4) is 17.3 Å². The fraction of sp³-hybridized carbons (Fsp3) is 0.0476. The van der Waals surface area contributed by atoms with Gasteiger partial charge in [0.25, 0.3) is 0 Å². The van der Waals surface area contributed by atoms with Crippen LogP contribution in [0.2, 0.25) is 0 Å². The van der Waals surface area contributed by atoms with Crippen molar-refractivity contribution >= 4 is 22.1 Å². The highest BCUT2D eigenvalue weighted by Gasteiger charge is 2.12. The topological polar surface area (TPSA) is 58.1 Å². The van der Waals surface area contributed by atoms with Crippen LogP contribution >= 0.6 is 0 Å². The van der Waals surface area contributed by atoms with E-state index >= 15 is 0 Å². The van der Waals surface area contributed by atoms with Crippen LogP contribution in [-0.4, -0.2) is 5.11 Å². The molecule has 0 aliphatic heterocycles. The van der Waals surface area contributed by atoms with E-state index in [0.717, 1.165) is 27.6 Å². The summed E-state index contributed by atoms with van der Waals surface area (Å²) in [6.45, 7) is 2.01. The summed E-state index contributed by atoms with van der Waals surface area (Å²) in [7, 11) is 0. The van der Waals surface area contributed by atoms with E-state index in [2.05, 4.69) is 16.3 Å². The molecule has 4 nitrogen and oxygen atoms in total. The quantitative estimate of drug-likeness (QED) is 0.435. The first-order valence-electron chi connectivity index (χ1n) is 7.99. The molecule has 0 fully saturated rings. The first-order valence-corrected chi connectivity index (χ1v) is 7.99. The van der Waals surface area contributed by atoms with Crippen LogP contribution in [0.3, 0.4) is 0 Å². The Labute approximate surface area is 145 Å². The molecule has 25 heavy (non-hydrogen) atoms. The molecule has 4 heteroatoms. The first-order chi connectivity index (χ1) is 12.2. The van der Waals surface area contributed by atoms with E-state index in [1.807, 2.05) is 67.6 Å². The minimum absolute atomic E-state index is 0.237. The van der Waals surface area contributed by atoms with Crippen LogP contribution in [0.5, 0.6) is 5.95 Å². The maximum absolute atomic E-state index is 10.0. The van der Waals surface area contributed by atoms with Crippen molar-refractivity contribution in [1.29, 1.82) is 0 Å². The van der Waals surface area contributed by atoms with Crippen LogP contribution in [0.1, 0.15) is 5.56 Å². The lowest BCUT2D eigenvalue weighted by atomic mass is 10.1. The summed E-state index contributed by atoms with van der Waals surface area (Å²) in [6.07, 6.45) is 0. The van der Waals surface area contributed by atoms with Crippen molar-refractivity contribution < 1.29 is 9.52 Å². The van der Waals surface area contributed by atoms with Crippen LogP contribution in [0.4, 0.5) is 11.4 Å². The molecule has 0 bridgehead atoms. The molecule has 0 unspecified atom stereocenters. The highest BCUT2D eigenvalue weighted by atomic mass is 16.5. The molecule has 0 amide bonds. The van der Waals surface area contributed by atoms with Crippen LogP contribution in [0, 0.1) is 6.92 Å². The summed E-state index contributed by atoms with van der Waals surface area (Å²) in [5.74, 6) is 0.320. The number of fused-ring (bicyclic) bond motifs is 1. The van der Waals surface area contributed by atoms with Gasteiger partial charge in [0.05, 0.1) is 5.69 Å². The van der Waals surface area contributed by atoms with E-state index in [1.165, 1.54) is 0 Å². The zero-order valence-corrected chi connectivity index (χ0v) is 13.7. The Bertz CT molecular complexity index is 1060. The number of azo groups is 1. The van der Waals surface area contributed by atoms with Gasteiger partial charge in [-0.1, -0.05) is 54.1 Å². The van der Waals surface area contributed by atoms with Crippen molar-refractivity contribution in [3.05, 3.63) is 78.4 Å². The molecule has 1 aromatic heterocycles. The van der Waals surface area contributed by atoms with Crippen molar-refractivity contribution in [1.82, 2.24) is 0 Å². The predicted octanol–water partition coefficient (Wildman–Crippen LogP) is 6.53. The number of aromatic hydroxyl groups is 1. The molecule has 1 N–H and O–H groups in total. The van der Waals surface area contributed by atoms with E-state index in [9.17, 15) is 5.11 Å². The normalized spacial score (nSPS) is 11.4. The molecule has 0 radical (unpaired) electrons. The van der Waals surface area contributed by atoms with Crippen LogP contribution in [-0.2, 0) is 0 Å². The Balaban J connectivity index is 1.65. The zero-order valence-electron chi connectivity index (χ0n) is 13.7. The minimum atomic E-state index is -0.237. The standard InChI is InChI=1S/C21H16N2O2/c1-14-6-10-18(11-7-14)22-23-19-13-20(25-21(19)24)17-9-8-15-4-2-3-5-16(15)12-17/h2-13,24H,1H3. The molecule has 3 aromatic carbocycles. The Morgan fingerprint density at radius 1 is 0.800 bits per heavy atom. The van der Waals surface area contributed by atoms with Gasteiger partial charge < -0.3 is 9.52 Å². The fourth-order valence-corrected chi connectivity index (χ4v) is 2.65. The summed E-state index contributed by atoms with van der Waals surface area (Å²) >= 11 is 0. The van der Waals surface area contributed by atoms with Gasteiger partial charge in [-0.3, -0.25) is 0 Å². The Hall–Kier alpha value is -3.40. The Kier molecular flexibility index (Phi) is 3.78. The van der Waals surface area contributed by atoms with E-state index in [-0.39, 0.29) is 5.95 Å². The summed E-state index contributed by atoms with van der Waals surface area (Å²) in [5.41, 5.74) is 3.07. The van der Waals surface area contributed by atoms with Crippen molar-refractivity contribution in [2.45, 2.75) is 6.92 Å². The van der Waals surface area contributed by atoms with Gasteiger partial charge in [-0.25, -0.2) is 0 Å². The van der Waals surface area contributed by atoms with Crippen molar-refractivity contribution in [2.24, 2.45) is 10.2 Å². The first kappa shape index (κ1) is 15.1. The largest absolute Gasteiger partial charge is 0.479 e. The summed E-state index contributed by atoms with van der Waals surface area (Å²) < 4.78 is 5.46. The molecule has 0 saturated heterocycles. The lowest BCUT2D eigenvalue weighted by Gasteiger charge is -2.00. The van der Waals surface area contributed by atoms with Gasteiger partial charge in [-0.15, -0.1) is 5.11 Å². The monoisotopic (exact) mass is 328 g/mol. The van der Waals surface area contributed by atoms with Crippen molar-refractivity contribution in [3.63, 3.8) is 0 Å². The highest BCUT2D eigenvalue weighted by Crippen LogP contribution is 2.37. The molecule has 0 aliphatic carbocycles. The van der Waals surface area contributed by atoms with Gasteiger partial charge in [-0.05, 0) is 35.9 Å².